The Morgan fingerprint density at radius 2 is 2.24 bits per heavy atom. The van der Waals surface area contributed by atoms with E-state index >= 15 is 0 Å². The molecule has 1 aliphatic carbocycles. The Labute approximate surface area is 100 Å². The van der Waals surface area contributed by atoms with E-state index in [1.54, 1.807) is 7.11 Å². The smallest absolute Gasteiger partial charge is 0.201 e. The lowest BCUT2D eigenvalue weighted by molar-refractivity contribution is 0.415. The van der Waals surface area contributed by atoms with Crippen molar-refractivity contribution in [3.63, 3.8) is 0 Å². The lowest BCUT2D eigenvalue weighted by atomic mass is 10.2. The molecule has 0 saturated heterocycles. The monoisotopic (exact) mass is 231 g/mol. The molecule has 0 spiro atoms. The summed E-state index contributed by atoms with van der Waals surface area (Å²) < 4.78 is 7.39. The van der Waals surface area contributed by atoms with E-state index in [9.17, 15) is 0 Å². The van der Waals surface area contributed by atoms with Crippen LogP contribution in [0.15, 0.2) is 18.2 Å². The number of rotatable bonds is 3. The molecule has 1 atom stereocenters. The van der Waals surface area contributed by atoms with Crippen LogP contribution in [0.4, 0.5) is 5.95 Å². The van der Waals surface area contributed by atoms with E-state index < -0.39 is 0 Å². The zero-order chi connectivity index (χ0) is 12.0. The maximum atomic E-state index is 6.02. The highest BCUT2D eigenvalue weighted by molar-refractivity contribution is 5.80. The van der Waals surface area contributed by atoms with Crippen LogP contribution in [0.2, 0.25) is 0 Å². The van der Waals surface area contributed by atoms with Gasteiger partial charge in [-0.2, -0.15) is 0 Å². The number of hydrogen-bond acceptors (Lipinski definition) is 3. The van der Waals surface area contributed by atoms with Gasteiger partial charge in [0, 0.05) is 12.1 Å². The van der Waals surface area contributed by atoms with Gasteiger partial charge in [0.05, 0.1) is 18.1 Å². The van der Waals surface area contributed by atoms with Gasteiger partial charge in [-0.25, -0.2) is 4.98 Å². The zero-order valence-electron chi connectivity index (χ0n) is 10.2. The summed E-state index contributed by atoms with van der Waals surface area (Å²) in [6, 6.07) is 6.31. The molecule has 4 nitrogen and oxygen atoms in total. The van der Waals surface area contributed by atoms with Crippen LogP contribution in [0.3, 0.4) is 0 Å². The second-order valence-corrected chi connectivity index (χ2v) is 4.77. The molecule has 90 valence electrons. The van der Waals surface area contributed by atoms with Crippen LogP contribution in [-0.4, -0.2) is 16.7 Å². The minimum atomic E-state index is 0.423. The van der Waals surface area contributed by atoms with Crippen LogP contribution in [-0.2, 0) is 0 Å². The molecule has 1 saturated carbocycles. The van der Waals surface area contributed by atoms with Crippen LogP contribution in [0, 0.1) is 5.92 Å². The van der Waals surface area contributed by atoms with Gasteiger partial charge in [0.25, 0.3) is 0 Å². The third-order valence-electron chi connectivity index (χ3n) is 3.64. The fraction of sp³-hybridized carbons (Fsp3) is 0.462. The quantitative estimate of drug-likeness (QED) is 0.883. The molecule has 1 fully saturated rings. The van der Waals surface area contributed by atoms with Gasteiger partial charge in [-0.15, -0.1) is 0 Å². The SMILES string of the molecule is COc1ccc2nc(N)n(C(C)C3CC3)c2c1. The Morgan fingerprint density at radius 1 is 1.47 bits per heavy atom. The summed E-state index contributed by atoms with van der Waals surface area (Å²) in [6.07, 6.45) is 2.59. The molecule has 2 N–H and O–H groups in total. The molecule has 0 aliphatic heterocycles. The van der Waals surface area contributed by atoms with Crippen LogP contribution in [0.1, 0.15) is 25.8 Å². The third-order valence-corrected chi connectivity index (χ3v) is 3.64. The molecule has 2 aromatic rings. The maximum absolute atomic E-state index is 6.02. The van der Waals surface area contributed by atoms with Crippen molar-refractivity contribution < 1.29 is 4.74 Å². The Kier molecular flexibility index (Phi) is 2.24. The van der Waals surface area contributed by atoms with Crippen molar-refractivity contribution in [1.29, 1.82) is 0 Å². The Balaban J connectivity index is 2.16. The first-order valence-electron chi connectivity index (χ1n) is 6.02. The van der Waals surface area contributed by atoms with Gasteiger partial charge >= 0.3 is 0 Å². The molecule has 1 aliphatic rings. The van der Waals surface area contributed by atoms with E-state index in [0.717, 1.165) is 22.7 Å². The number of fused-ring (bicyclic) bond motifs is 1. The van der Waals surface area contributed by atoms with Gasteiger partial charge in [0.15, 0.2) is 0 Å². The zero-order valence-corrected chi connectivity index (χ0v) is 10.2. The van der Waals surface area contributed by atoms with Crippen LogP contribution >= 0.6 is 0 Å². The largest absolute Gasteiger partial charge is 0.497 e. The third kappa shape index (κ3) is 1.64. The summed E-state index contributed by atoms with van der Waals surface area (Å²) in [6.45, 7) is 2.22. The van der Waals surface area contributed by atoms with Gasteiger partial charge in [0.2, 0.25) is 5.95 Å². The van der Waals surface area contributed by atoms with E-state index in [-0.39, 0.29) is 0 Å². The maximum Gasteiger partial charge on any atom is 0.201 e. The molecule has 17 heavy (non-hydrogen) atoms. The van der Waals surface area contributed by atoms with Crippen molar-refractivity contribution in [2.75, 3.05) is 12.8 Å². The lowest BCUT2D eigenvalue weighted by Gasteiger charge is -2.15. The van der Waals surface area contributed by atoms with E-state index in [2.05, 4.69) is 16.5 Å². The van der Waals surface area contributed by atoms with E-state index in [1.807, 2.05) is 18.2 Å². The Hall–Kier alpha value is -1.71. The van der Waals surface area contributed by atoms with Crippen molar-refractivity contribution in [2.24, 2.45) is 5.92 Å². The molecular weight excluding hydrogens is 214 g/mol. The van der Waals surface area contributed by atoms with Crippen molar-refractivity contribution in [1.82, 2.24) is 9.55 Å². The number of imidazole rings is 1. The minimum absolute atomic E-state index is 0.423. The summed E-state index contributed by atoms with van der Waals surface area (Å²) in [7, 11) is 1.68. The summed E-state index contributed by atoms with van der Waals surface area (Å²) >= 11 is 0. The summed E-state index contributed by atoms with van der Waals surface area (Å²) in [5, 5.41) is 0. The highest BCUT2D eigenvalue weighted by atomic mass is 16.5. The molecule has 3 rings (SSSR count). The summed E-state index contributed by atoms with van der Waals surface area (Å²) in [5.41, 5.74) is 8.03. The first kappa shape index (κ1) is 10.4. The molecule has 1 unspecified atom stereocenters. The highest BCUT2D eigenvalue weighted by Gasteiger charge is 2.31. The molecular formula is C13H17N3O. The predicted molar refractivity (Wildman–Crippen MR) is 68.1 cm³/mol. The van der Waals surface area contributed by atoms with Crippen molar-refractivity contribution in [3.05, 3.63) is 18.2 Å². The fourth-order valence-electron chi connectivity index (χ4n) is 2.44. The number of anilines is 1. The number of nitrogens with two attached hydrogens (primary N) is 1. The number of benzene rings is 1. The summed E-state index contributed by atoms with van der Waals surface area (Å²) in [4.78, 5) is 4.40. The van der Waals surface area contributed by atoms with Gasteiger partial charge in [-0.1, -0.05) is 0 Å². The molecule has 4 heteroatoms. The lowest BCUT2D eigenvalue weighted by Crippen LogP contribution is -2.10. The van der Waals surface area contributed by atoms with Crippen LogP contribution in [0.5, 0.6) is 5.75 Å². The second kappa shape index (κ2) is 3.65. The first-order chi connectivity index (χ1) is 8.20. The highest BCUT2D eigenvalue weighted by Crippen LogP contribution is 2.42. The van der Waals surface area contributed by atoms with Gasteiger partial charge < -0.3 is 15.0 Å². The Bertz CT molecular complexity index is 557. The number of hydrogen-bond donors (Lipinski definition) is 1. The van der Waals surface area contributed by atoms with E-state index in [0.29, 0.717) is 12.0 Å². The van der Waals surface area contributed by atoms with E-state index in [1.165, 1.54) is 12.8 Å². The number of nitrogen functional groups attached to an aromatic ring is 1. The number of nitrogens with zero attached hydrogens (tertiary/aromatic N) is 2. The Morgan fingerprint density at radius 3 is 2.88 bits per heavy atom. The minimum Gasteiger partial charge on any atom is -0.497 e. The van der Waals surface area contributed by atoms with Crippen LogP contribution in [0.25, 0.3) is 11.0 Å². The van der Waals surface area contributed by atoms with Gasteiger partial charge in [-0.05, 0) is 37.8 Å². The predicted octanol–water partition coefficient (Wildman–Crippen LogP) is 2.60. The molecule has 0 amide bonds. The molecule has 1 aromatic heterocycles. The molecule has 0 bridgehead atoms. The second-order valence-electron chi connectivity index (χ2n) is 4.77. The topological polar surface area (TPSA) is 53.1 Å². The number of aromatic nitrogens is 2. The van der Waals surface area contributed by atoms with E-state index in [4.69, 9.17) is 10.5 Å². The average molecular weight is 231 g/mol. The van der Waals surface area contributed by atoms with Gasteiger partial charge in [0.1, 0.15) is 5.75 Å². The number of methoxy groups -OCH3 is 1. The average Bonchev–Trinajstić information content (AvgIpc) is 3.11. The standard InChI is InChI=1S/C13H17N3O/c1-8(9-3-4-9)16-12-7-10(17-2)5-6-11(12)15-13(16)14/h5-9H,3-4H2,1-2H3,(H2,14,15). The van der Waals surface area contributed by atoms with Crippen molar-refractivity contribution in [3.8, 4) is 5.75 Å². The first-order valence-corrected chi connectivity index (χ1v) is 6.02. The van der Waals surface area contributed by atoms with Gasteiger partial charge in [-0.3, -0.25) is 0 Å². The summed E-state index contributed by atoms with van der Waals surface area (Å²) in [5.74, 6) is 2.20. The van der Waals surface area contributed by atoms with Crippen molar-refractivity contribution in [2.45, 2.75) is 25.8 Å². The fourth-order valence-corrected chi connectivity index (χ4v) is 2.44. The van der Waals surface area contributed by atoms with Crippen molar-refractivity contribution >= 4 is 17.0 Å². The molecule has 1 heterocycles. The normalized spacial score (nSPS) is 17.3. The van der Waals surface area contributed by atoms with Crippen LogP contribution < -0.4 is 10.5 Å². The molecule has 1 aromatic carbocycles. The molecule has 0 radical (unpaired) electrons. The number of ether oxygens (including phenoxy) is 1.